The third-order valence-electron chi connectivity index (χ3n) is 4.63. The van der Waals surface area contributed by atoms with Crippen LogP contribution in [0.25, 0.3) is 6.08 Å². The number of aliphatic imine (C=N–C) groups is 1. The van der Waals surface area contributed by atoms with E-state index in [1.165, 1.54) is 11.8 Å². The number of hydrogen-bond donors (Lipinski definition) is 2. The number of carbonyl (C=O) groups is 2. The van der Waals surface area contributed by atoms with Crippen molar-refractivity contribution in [2.45, 2.75) is 6.92 Å². The molecule has 0 aliphatic carbocycles. The summed E-state index contributed by atoms with van der Waals surface area (Å²) < 4.78 is 11.0. The molecule has 0 atom stereocenters. The highest BCUT2D eigenvalue weighted by Gasteiger charge is 2.23. The van der Waals surface area contributed by atoms with Crippen LogP contribution in [-0.4, -0.2) is 30.2 Å². The topological polar surface area (TPSA) is 89.0 Å². The van der Waals surface area contributed by atoms with Gasteiger partial charge in [-0.25, -0.2) is 4.99 Å². The molecule has 172 valence electrons. The summed E-state index contributed by atoms with van der Waals surface area (Å²) in [5, 5.41) is 6.10. The van der Waals surface area contributed by atoms with Crippen molar-refractivity contribution in [2.75, 3.05) is 18.5 Å². The lowest BCUT2D eigenvalue weighted by molar-refractivity contribution is -0.118. The van der Waals surface area contributed by atoms with E-state index in [1.54, 1.807) is 42.5 Å². The van der Waals surface area contributed by atoms with E-state index >= 15 is 0 Å². The van der Waals surface area contributed by atoms with Gasteiger partial charge < -0.3 is 20.1 Å². The van der Waals surface area contributed by atoms with Gasteiger partial charge in [0, 0.05) is 5.69 Å². The summed E-state index contributed by atoms with van der Waals surface area (Å²) in [6.07, 6.45) is 1.79. The van der Waals surface area contributed by atoms with E-state index in [9.17, 15) is 9.59 Å². The first-order chi connectivity index (χ1) is 16.6. The van der Waals surface area contributed by atoms with Gasteiger partial charge in [-0.2, -0.15) is 0 Å². The van der Waals surface area contributed by atoms with Crippen LogP contribution in [0.15, 0.2) is 88.8 Å². The maximum absolute atomic E-state index is 12.3. The van der Waals surface area contributed by atoms with Gasteiger partial charge in [-0.1, -0.05) is 30.3 Å². The van der Waals surface area contributed by atoms with Gasteiger partial charge in [-0.3, -0.25) is 9.59 Å². The van der Waals surface area contributed by atoms with Gasteiger partial charge in [0.1, 0.15) is 11.5 Å². The summed E-state index contributed by atoms with van der Waals surface area (Å²) in [5.74, 6) is 0.851. The molecule has 0 saturated carbocycles. The molecule has 7 nitrogen and oxygen atoms in total. The molecule has 0 aromatic heterocycles. The average Bonchev–Trinajstić information content (AvgIpc) is 3.19. The Kier molecular flexibility index (Phi) is 7.62. The van der Waals surface area contributed by atoms with Gasteiger partial charge in [0.15, 0.2) is 11.8 Å². The fourth-order valence-corrected chi connectivity index (χ4v) is 3.90. The molecular formula is C26H23N3O4S. The molecule has 0 bridgehead atoms. The Hall–Kier alpha value is -4.04. The zero-order chi connectivity index (χ0) is 23.8. The Morgan fingerprint density at radius 3 is 2.35 bits per heavy atom. The minimum atomic E-state index is -0.264. The summed E-state index contributed by atoms with van der Waals surface area (Å²) in [6.45, 7) is 2.38. The molecule has 1 aliphatic heterocycles. The van der Waals surface area contributed by atoms with Gasteiger partial charge >= 0.3 is 0 Å². The summed E-state index contributed by atoms with van der Waals surface area (Å²) >= 11 is 1.29. The number of amidine groups is 1. The number of benzene rings is 3. The fourth-order valence-electron chi connectivity index (χ4n) is 3.06. The molecule has 2 amide bonds. The number of rotatable bonds is 8. The predicted molar refractivity (Wildman–Crippen MR) is 135 cm³/mol. The molecular weight excluding hydrogens is 450 g/mol. The Labute approximate surface area is 201 Å². The van der Waals surface area contributed by atoms with Crippen LogP contribution in [0, 0.1) is 0 Å². The Balaban J connectivity index is 1.30. The average molecular weight is 474 g/mol. The maximum atomic E-state index is 12.3. The SMILES string of the molecule is CCOc1ccc(NC(=O)COc2ccc(/C=C3\SC(=Nc4ccccc4)NC3=O)cc2)cc1. The largest absolute Gasteiger partial charge is 0.494 e. The van der Waals surface area contributed by atoms with Crippen LogP contribution in [0.2, 0.25) is 0 Å². The summed E-state index contributed by atoms with van der Waals surface area (Å²) in [7, 11) is 0. The standard InChI is InChI=1S/C26H23N3O4S/c1-2-32-21-14-10-20(11-15-21)27-24(30)17-33-22-12-8-18(9-13-22)16-23-25(31)29-26(34-23)28-19-6-4-3-5-7-19/h3-16H,2,17H2,1H3,(H,27,30)(H,28,29,31)/b23-16-. The van der Waals surface area contributed by atoms with Gasteiger partial charge in [-0.05, 0) is 78.9 Å². The van der Waals surface area contributed by atoms with Crippen molar-refractivity contribution in [3.05, 3.63) is 89.3 Å². The molecule has 3 aromatic carbocycles. The smallest absolute Gasteiger partial charge is 0.264 e. The van der Waals surface area contributed by atoms with Crippen molar-refractivity contribution in [1.82, 2.24) is 5.32 Å². The number of nitrogens with zero attached hydrogens (tertiary/aromatic N) is 1. The van der Waals surface area contributed by atoms with Crippen LogP contribution in [-0.2, 0) is 9.59 Å². The van der Waals surface area contributed by atoms with E-state index in [0.717, 1.165) is 17.0 Å². The first-order valence-electron chi connectivity index (χ1n) is 10.7. The molecule has 34 heavy (non-hydrogen) atoms. The highest BCUT2D eigenvalue weighted by atomic mass is 32.2. The van der Waals surface area contributed by atoms with Gasteiger partial charge in [0.2, 0.25) is 0 Å². The monoisotopic (exact) mass is 473 g/mol. The second kappa shape index (κ2) is 11.2. The number of hydrogen-bond acceptors (Lipinski definition) is 6. The van der Waals surface area contributed by atoms with Crippen molar-refractivity contribution in [2.24, 2.45) is 4.99 Å². The van der Waals surface area contributed by atoms with E-state index < -0.39 is 0 Å². The number of thioether (sulfide) groups is 1. The van der Waals surface area contributed by atoms with Crippen LogP contribution >= 0.6 is 11.8 Å². The third-order valence-corrected chi connectivity index (χ3v) is 5.54. The Morgan fingerprint density at radius 1 is 0.971 bits per heavy atom. The molecule has 0 spiro atoms. The minimum Gasteiger partial charge on any atom is -0.494 e. The van der Waals surface area contributed by atoms with E-state index in [1.807, 2.05) is 49.4 Å². The molecule has 1 saturated heterocycles. The van der Waals surface area contributed by atoms with Crippen LogP contribution < -0.4 is 20.1 Å². The molecule has 2 N–H and O–H groups in total. The van der Waals surface area contributed by atoms with Crippen LogP contribution in [0.5, 0.6) is 11.5 Å². The number of amides is 2. The second-order valence-corrected chi connectivity index (χ2v) is 8.21. The van der Waals surface area contributed by atoms with Crippen LogP contribution in [0.4, 0.5) is 11.4 Å². The summed E-state index contributed by atoms with van der Waals surface area (Å²) in [5.41, 5.74) is 2.28. The van der Waals surface area contributed by atoms with Crippen molar-refractivity contribution in [3.8, 4) is 11.5 Å². The Bertz CT molecular complexity index is 1210. The van der Waals surface area contributed by atoms with Gasteiger partial charge in [0.05, 0.1) is 17.2 Å². The predicted octanol–water partition coefficient (Wildman–Crippen LogP) is 4.99. The zero-order valence-corrected chi connectivity index (χ0v) is 19.3. The van der Waals surface area contributed by atoms with Crippen LogP contribution in [0.1, 0.15) is 12.5 Å². The molecule has 4 rings (SSSR count). The van der Waals surface area contributed by atoms with E-state index in [2.05, 4.69) is 15.6 Å². The van der Waals surface area contributed by atoms with E-state index in [-0.39, 0.29) is 18.4 Å². The second-order valence-electron chi connectivity index (χ2n) is 7.18. The molecule has 3 aromatic rings. The van der Waals surface area contributed by atoms with Crippen molar-refractivity contribution in [1.29, 1.82) is 0 Å². The summed E-state index contributed by atoms with van der Waals surface area (Å²) in [6, 6.07) is 23.8. The zero-order valence-electron chi connectivity index (χ0n) is 18.5. The van der Waals surface area contributed by atoms with Crippen molar-refractivity contribution >= 4 is 46.2 Å². The maximum Gasteiger partial charge on any atom is 0.264 e. The Morgan fingerprint density at radius 2 is 1.65 bits per heavy atom. The number of para-hydroxylation sites is 1. The number of anilines is 1. The fraction of sp³-hybridized carbons (Fsp3) is 0.115. The van der Waals surface area contributed by atoms with Crippen LogP contribution in [0.3, 0.4) is 0 Å². The third kappa shape index (κ3) is 6.49. The lowest BCUT2D eigenvalue weighted by Crippen LogP contribution is -2.20. The first kappa shape index (κ1) is 23.1. The highest BCUT2D eigenvalue weighted by Crippen LogP contribution is 2.28. The highest BCUT2D eigenvalue weighted by molar-refractivity contribution is 8.18. The molecule has 1 aliphatic rings. The van der Waals surface area contributed by atoms with E-state index in [4.69, 9.17) is 9.47 Å². The normalized spacial score (nSPS) is 15.3. The minimum absolute atomic E-state index is 0.120. The number of ether oxygens (including phenoxy) is 2. The van der Waals surface area contributed by atoms with Gasteiger partial charge in [0.25, 0.3) is 11.8 Å². The van der Waals surface area contributed by atoms with Gasteiger partial charge in [-0.15, -0.1) is 0 Å². The lowest BCUT2D eigenvalue weighted by Gasteiger charge is -2.09. The molecule has 0 unspecified atom stereocenters. The quantitative estimate of drug-likeness (QED) is 0.450. The number of carbonyl (C=O) groups excluding carboxylic acids is 2. The lowest BCUT2D eigenvalue weighted by atomic mass is 10.2. The van der Waals surface area contributed by atoms with Crippen molar-refractivity contribution < 1.29 is 19.1 Å². The molecule has 1 heterocycles. The molecule has 1 fully saturated rings. The molecule has 8 heteroatoms. The summed E-state index contributed by atoms with van der Waals surface area (Å²) in [4.78, 5) is 29.4. The first-order valence-corrected chi connectivity index (χ1v) is 11.5. The number of nitrogens with one attached hydrogen (secondary N) is 2. The molecule has 0 radical (unpaired) electrons. The van der Waals surface area contributed by atoms with Crippen molar-refractivity contribution in [3.63, 3.8) is 0 Å². The van der Waals surface area contributed by atoms with E-state index in [0.29, 0.717) is 28.1 Å².